The van der Waals surface area contributed by atoms with Crippen molar-refractivity contribution in [1.29, 1.82) is 0 Å². The van der Waals surface area contributed by atoms with Crippen molar-refractivity contribution in [3.63, 3.8) is 0 Å². The van der Waals surface area contributed by atoms with Crippen LogP contribution in [0.25, 0.3) is 42.5 Å². The summed E-state index contributed by atoms with van der Waals surface area (Å²) >= 11 is 7.26. The van der Waals surface area contributed by atoms with Gasteiger partial charge in [0, 0.05) is 70.9 Å². The summed E-state index contributed by atoms with van der Waals surface area (Å²) in [5, 5.41) is 40.0. The molecule has 6 amide bonds. The molecule has 0 spiro atoms. The summed E-state index contributed by atoms with van der Waals surface area (Å²) in [6, 6.07) is 9.62. The van der Waals surface area contributed by atoms with Gasteiger partial charge in [-0.25, -0.2) is 39.7 Å². The van der Waals surface area contributed by atoms with Crippen LogP contribution in [-0.2, 0) is 25.7 Å². The van der Waals surface area contributed by atoms with E-state index in [2.05, 4.69) is 64.9 Å². The average Bonchev–Trinajstić information content (AvgIpc) is 3.60. The molecule has 8 N–H and O–H groups in total. The Bertz CT molecular complexity index is 3810. The van der Waals surface area contributed by atoms with Gasteiger partial charge in [-0.3, -0.25) is 29.3 Å². The number of aliphatic hydroxyl groups is 1. The van der Waals surface area contributed by atoms with Gasteiger partial charge in [0.05, 0.1) is 52.8 Å². The number of nitrogens with one attached hydrogen (secondary N) is 7. The molecule has 9 heterocycles. The van der Waals surface area contributed by atoms with Crippen molar-refractivity contribution < 1.29 is 43.3 Å². The second-order valence-electron chi connectivity index (χ2n) is 22.1. The lowest BCUT2D eigenvalue weighted by molar-refractivity contribution is -0.122. The monoisotopic (exact) mass is 1280 g/mol. The van der Waals surface area contributed by atoms with Crippen LogP contribution >= 0.6 is 68.0 Å². The van der Waals surface area contributed by atoms with Crippen LogP contribution in [0.4, 0.5) is 10.6 Å². The highest BCUT2D eigenvalue weighted by Crippen LogP contribution is 2.42. The zero-order valence-electron chi connectivity index (χ0n) is 48.1. The van der Waals surface area contributed by atoms with Crippen molar-refractivity contribution in [2.24, 2.45) is 5.92 Å². The first kappa shape index (κ1) is 61.7. The average molecular weight is 1280 g/mol. The number of aryl methyl sites for hydroxylation is 1. The third-order valence-corrected chi connectivity index (χ3v) is 19.8. The smallest absolute Gasteiger partial charge is 0.413 e. The first-order valence-corrected chi connectivity index (χ1v) is 32.3. The van der Waals surface area contributed by atoms with E-state index < -0.39 is 66.4 Å². The summed E-state index contributed by atoms with van der Waals surface area (Å²) in [6.07, 6.45) is 0.492. The highest BCUT2D eigenvalue weighted by Gasteiger charge is 2.40. The molecule has 4 atom stereocenters. The second-order valence-corrected chi connectivity index (χ2v) is 28.1. The number of nitrogens with zero attached hydrogens (tertiary/aromatic N) is 7. The third-order valence-electron chi connectivity index (χ3n) is 13.9. The first-order chi connectivity index (χ1) is 41.0. The summed E-state index contributed by atoms with van der Waals surface area (Å²) < 4.78 is 11.4. The van der Waals surface area contributed by atoms with E-state index in [1.807, 2.05) is 26.0 Å². The Labute approximate surface area is 518 Å². The highest BCUT2D eigenvalue weighted by molar-refractivity contribution is 7.19. The third kappa shape index (κ3) is 14.2. The topological polar surface area (TPSA) is 316 Å². The molecule has 450 valence electrons. The number of rotatable bonds is 10. The van der Waals surface area contributed by atoms with Crippen LogP contribution < -0.4 is 37.2 Å². The number of aliphatic hydroxyl groups excluding tert-OH is 1. The van der Waals surface area contributed by atoms with Crippen molar-refractivity contribution in [1.82, 2.24) is 66.8 Å². The Morgan fingerprint density at radius 3 is 2.20 bits per heavy atom. The molecule has 8 aromatic rings. The summed E-state index contributed by atoms with van der Waals surface area (Å²) in [5.41, 5.74) is 2.02. The van der Waals surface area contributed by atoms with Crippen LogP contribution in [0.1, 0.15) is 147 Å². The van der Waals surface area contributed by atoms with Gasteiger partial charge in [-0.15, -0.1) is 68.0 Å². The molecule has 29 heteroatoms. The first-order valence-electron chi connectivity index (χ1n) is 27.2. The number of ether oxygens (including phenoxy) is 2. The van der Waals surface area contributed by atoms with Gasteiger partial charge < -0.3 is 46.5 Å². The number of anilines is 1. The predicted molar refractivity (Wildman–Crippen MR) is 331 cm³/mol. The Balaban J connectivity index is 1.02. The molecule has 0 aliphatic carbocycles. The van der Waals surface area contributed by atoms with Crippen LogP contribution in [0.5, 0.6) is 0 Å². The summed E-state index contributed by atoms with van der Waals surface area (Å²) in [5.74, 6) is -2.81. The van der Waals surface area contributed by atoms with Gasteiger partial charge in [0.1, 0.15) is 76.9 Å². The molecule has 86 heavy (non-hydrogen) atoms. The number of methoxy groups -OCH3 is 1. The van der Waals surface area contributed by atoms with Crippen molar-refractivity contribution in [2.75, 3.05) is 26.0 Å². The minimum absolute atomic E-state index is 0.00294. The summed E-state index contributed by atoms with van der Waals surface area (Å²) in [7, 11) is 2.95. The fraction of sp³-hybridized carbons (Fsp3) is 0.386. The maximum Gasteiger partial charge on any atom is 0.413 e. The van der Waals surface area contributed by atoms with Gasteiger partial charge in [-0.2, -0.15) is 0 Å². The molecule has 7 aromatic heterocycles. The lowest BCUT2D eigenvalue weighted by Crippen LogP contribution is -2.59. The minimum Gasteiger partial charge on any atom is -0.446 e. The molecule has 2 aliphatic heterocycles. The van der Waals surface area contributed by atoms with Crippen molar-refractivity contribution in [2.45, 2.75) is 116 Å². The number of piperidine rings is 1. The van der Waals surface area contributed by atoms with E-state index in [4.69, 9.17) is 44.4 Å². The number of thiazole rings is 6. The Morgan fingerprint density at radius 2 is 1.47 bits per heavy atom. The molecule has 0 radical (unpaired) electrons. The number of benzene rings is 1. The van der Waals surface area contributed by atoms with Crippen molar-refractivity contribution in [3.05, 3.63) is 112 Å². The molecular formula is C57H62N14O9S6. The largest absolute Gasteiger partial charge is 0.446 e. The Kier molecular flexibility index (Phi) is 18.6. The number of carbonyl (C=O) groups is 6. The van der Waals surface area contributed by atoms with Crippen LogP contribution in [0, 0.1) is 12.8 Å². The number of hydrogen-bond acceptors (Lipinski definition) is 23. The fourth-order valence-corrected chi connectivity index (χ4v) is 15.8. The zero-order chi connectivity index (χ0) is 61.2. The van der Waals surface area contributed by atoms with Crippen molar-refractivity contribution in [3.8, 4) is 42.5 Å². The van der Waals surface area contributed by atoms with Gasteiger partial charge in [0.2, 0.25) is 11.8 Å². The van der Waals surface area contributed by atoms with Gasteiger partial charge >= 0.3 is 6.09 Å². The molecule has 1 fully saturated rings. The summed E-state index contributed by atoms with van der Waals surface area (Å²) in [6.45, 7) is 13.3. The van der Waals surface area contributed by atoms with Crippen LogP contribution in [0.15, 0.2) is 64.8 Å². The fourth-order valence-electron chi connectivity index (χ4n) is 10.2. The van der Waals surface area contributed by atoms with E-state index >= 15 is 0 Å². The van der Waals surface area contributed by atoms with E-state index in [0.29, 0.717) is 85.7 Å². The Morgan fingerprint density at radius 1 is 0.733 bits per heavy atom. The maximum absolute atomic E-state index is 14.3. The lowest BCUT2D eigenvalue weighted by Gasteiger charge is -2.45. The summed E-state index contributed by atoms with van der Waals surface area (Å²) in [4.78, 5) is 118. The molecule has 0 unspecified atom stereocenters. The van der Waals surface area contributed by atoms with Gasteiger partial charge in [0.15, 0.2) is 0 Å². The SMILES string of the molecule is CNC(=O)C[C@@H]1NC(=O)c2csc(n2)-c2ccc(-c3nc(NC(=O)OC4CC(C)(C)NC(C)(C)C4)cs3)nc2-c2cnc(s2)-c2csc(n2)[C@H]([C@@H](O)c2ccccc2)NC(=O)CNC(=O)c2nc(sc2COC)[C@H](C(C)C)NC(=O)c2nc1sc2C. The predicted octanol–water partition coefficient (Wildman–Crippen LogP) is 9.17. The molecular weight excluding hydrogens is 1220 g/mol. The van der Waals surface area contributed by atoms with Crippen LogP contribution in [-0.4, -0.2) is 114 Å². The molecule has 10 rings (SSSR count). The molecule has 2 aliphatic rings. The molecule has 1 aromatic carbocycles. The Hall–Kier alpha value is -7.35. The number of amides is 6. The second kappa shape index (κ2) is 25.9. The van der Waals surface area contributed by atoms with E-state index in [1.165, 1.54) is 70.8 Å². The van der Waals surface area contributed by atoms with E-state index in [-0.39, 0.29) is 59.0 Å². The lowest BCUT2D eigenvalue weighted by atomic mass is 9.81. The van der Waals surface area contributed by atoms with Crippen LogP contribution in [0.2, 0.25) is 0 Å². The number of aromatic nitrogens is 7. The van der Waals surface area contributed by atoms with Gasteiger partial charge in [-0.05, 0) is 58.2 Å². The van der Waals surface area contributed by atoms with E-state index in [0.717, 1.165) is 11.3 Å². The normalized spacial score (nSPS) is 18.7. The highest BCUT2D eigenvalue weighted by atomic mass is 32.1. The number of pyridine rings is 1. The number of fused-ring (bicyclic) bond motifs is 14. The standard InChI is InChI=1S/C57H62N14O9S6/c1-26(2)40-54-70-43(36(86-54)22-79-9)47(76)59-21-39(73)67-44(45(74)28-13-11-10-12-14-28)53-64-34(24-82-53)50-60-20-35(85-50)42-30(15-16-31(61-42)51-65-37(25-83-51)66-55(78)80-29-18-56(4,5)71-57(6,7)19-29)49-63-33(23-81-49)46(75)62-32(17-38(72)58-8)52-69-41(27(3)84-52)48(77)68-40/h10-16,20,23-26,29,32,40,44-45,71,74H,17-19,21-22H2,1-9H3,(H,58,72)(H,59,76)(H,62,75)(H,66,78)(H,67,73)(H,68,77)/t32-,40-,44-,45-/m0/s1. The van der Waals surface area contributed by atoms with Crippen LogP contribution in [0.3, 0.4) is 0 Å². The van der Waals surface area contributed by atoms with E-state index in [9.17, 15) is 33.9 Å². The van der Waals surface area contributed by atoms with Gasteiger partial charge in [-0.1, -0.05) is 44.2 Å². The minimum atomic E-state index is -1.27. The molecule has 10 bridgehead atoms. The molecule has 0 saturated carbocycles. The maximum atomic E-state index is 14.3. The zero-order valence-corrected chi connectivity index (χ0v) is 53.0. The molecule has 23 nitrogen and oxygen atoms in total. The van der Waals surface area contributed by atoms with Crippen molar-refractivity contribution >= 4 is 109 Å². The molecule has 1 saturated heterocycles. The number of carbonyl (C=O) groups excluding carboxylic acids is 6. The quantitative estimate of drug-likeness (QED) is 0.0632. The van der Waals surface area contributed by atoms with Gasteiger partial charge in [0.25, 0.3) is 17.7 Å². The van der Waals surface area contributed by atoms with E-state index in [1.54, 1.807) is 59.6 Å². The number of hydrogen-bond donors (Lipinski definition) is 8.